The van der Waals surface area contributed by atoms with Gasteiger partial charge in [-0.25, -0.2) is 4.39 Å². The first-order valence-corrected chi connectivity index (χ1v) is 7.65. The molecule has 118 valence electrons. The van der Waals surface area contributed by atoms with Gasteiger partial charge in [-0.15, -0.1) is 0 Å². The molecular weight excluding hydrogens is 269 g/mol. The maximum Gasteiger partial charge on any atom is 0.128 e. The third-order valence-corrected chi connectivity index (χ3v) is 3.95. The lowest BCUT2D eigenvalue weighted by atomic mass is 9.98. The minimum atomic E-state index is -0.109. The Labute approximate surface area is 126 Å². The summed E-state index contributed by atoms with van der Waals surface area (Å²) < 4.78 is 19.8. The molecule has 1 heterocycles. The second-order valence-electron chi connectivity index (χ2n) is 5.44. The summed E-state index contributed by atoms with van der Waals surface area (Å²) in [4.78, 5) is 2.34. The van der Waals surface area contributed by atoms with E-state index in [0.717, 1.165) is 56.9 Å². The molecule has 0 bridgehead atoms. The lowest BCUT2D eigenvalue weighted by Gasteiger charge is -2.35. The Balaban J connectivity index is 2.23. The Kier molecular flexibility index (Phi) is 6.57. The number of halogens is 1. The van der Waals surface area contributed by atoms with E-state index in [1.54, 1.807) is 6.07 Å². The summed E-state index contributed by atoms with van der Waals surface area (Å²) >= 11 is 0. The molecule has 0 aliphatic carbocycles. The van der Waals surface area contributed by atoms with Crippen LogP contribution < -0.4 is 10.6 Å². The van der Waals surface area contributed by atoms with Crippen molar-refractivity contribution in [2.45, 2.75) is 19.0 Å². The standard InChI is InChI=1S/C16H26FN3O/c1-18-6-5-16(20-7-9-21-10-8-20)14-11-13(12-19-2)3-4-15(14)17/h3-4,11,16,18-19H,5-10,12H2,1-2H3. The SMILES string of the molecule is CNCCC(c1cc(CNC)ccc1F)N1CCOCC1. The first-order chi connectivity index (χ1) is 10.3. The van der Waals surface area contributed by atoms with Crippen molar-refractivity contribution in [3.63, 3.8) is 0 Å². The van der Waals surface area contributed by atoms with Crippen molar-refractivity contribution >= 4 is 0 Å². The molecule has 5 heteroatoms. The topological polar surface area (TPSA) is 36.5 Å². The molecule has 0 saturated carbocycles. The van der Waals surface area contributed by atoms with E-state index in [1.807, 2.05) is 26.2 Å². The minimum Gasteiger partial charge on any atom is -0.379 e. The molecule has 1 atom stereocenters. The Morgan fingerprint density at radius 1 is 1.24 bits per heavy atom. The Morgan fingerprint density at radius 3 is 2.67 bits per heavy atom. The van der Waals surface area contributed by atoms with Crippen LogP contribution >= 0.6 is 0 Å². The molecule has 1 unspecified atom stereocenters. The number of nitrogens with zero attached hydrogens (tertiary/aromatic N) is 1. The van der Waals surface area contributed by atoms with Gasteiger partial charge in [0.25, 0.3) is 0 Å². The van der Waals surface area contributed by atoms with Crippen LogP contribution in [-0.4, -0.2) is 51.8 Å². The Bertz CT molecular complexity index is 436. The Morgan fingerprint density at radius 2 is 2.00 bits per heavy atom. The Hall–Kier alpha value is -1.01. The van der Waals surface area contributed by atoms with Gasteiger partial charge < -0.3 is 15.4 Å². The second-order valence-corrected chi connectivity index (χ2v) is 5.44. The number of ether oxygens (including phenoxy) is 1. The van der Waals surface area contributed by atoms with Crippen LogP contribution in [0.5, 0.6) is 0 Å². The molecule has 1 aromatic rings. The van der Waals surface area contributed by atoms with Crippen molar-refractivity contribution in [2.75, 3.05) is 46.9 Å². The van der Waals surface area contributed by atoms with Gasteiger partial charge in [0.2, 0.25) is 0 Å². The number of hydrogen-bond acceptors (Lipinski definition) is 4. The van der Waals surface area contributed by atoms with Gasteiger partial charge in [-0.05, 0) is 38.7 Å². The van der Waals surface area contributed by atoms with Crippen molar-refractivity contribution in [1.29, 1.82) is 0 Å². The van der Waals surface area contributed by atoms with Crippen LogP contribution in [0, 0.1) is 5.82 Å². The maximum atomic E-state index is 14.3. The molecule has 21 heavy (non-hydrogen) atoms. The molecule has 0 radical (unpaired) electrons. The molecule has 4 nitrogen and oxygen atoms in total. The smallest absolute Gasteiger partial charge is 0.128 e. The van der Waals surface area contributed by atoms with Crippen LogP contribution in [-0.2, 0) is 11.3 Å². The highest BCUT2D eigenvalue weighted by atomic mass is 19.1. The predicted octanol–water partition coefficient (Wildman–Crippen LogP) is 1.53. The molecule has 2 rings (SSSR count). The zero-order chi connectivity index (χ0) is 15.1. The average molecular weight is 295 g/mol. The summed E-state index contributed by atoms with van der Waals surface area (Å²) in [5.74, 6) is -0.109. The van der Waals surface area contributed by atoms with Crippen LogP contribution in [0.2, 0.25) is 0 Å². The number of morpholine rings is 1. The van der Waals surface area contributed by atoms with Gasteiger partial charge in [0.05, 0.1) is 13.2 Å². The first-order valence-electron chi connectivity index (χ1n) is 7.65. The van der Waals surface area contributed by atoms with Gasteiger partial charge in [-0.2, -0.15) is 0 Å². The number of benzene rings is 1. The summed E-state index contributed by atoms with van der Waals surface area (Å²) in [6.07, 6.45) is 0.899. The van der Waals surface area contributed by atoms with E-state index in [0.29, 0.717) is 0 Å². The predicted molar refractivity (Wildman–Crippen MR) is 82.8 cm³/mol. The van der Waals surface area contributed by atoms with E-state index in [2.05, 4.69) is 15.5 Å². The summed E-state index contributed by atoms with van der Waals surface area (Å²) in [7, 11) is 3.84. The van der Waals surface area contributed by atoms with E-state index in [9.17, 15) is 4.39 Å². The van der Waals surface area contributed by atoms with E-state index in [-0.39, 0.29) is 11.9 Å². The number of nitrogens with one attached hydrogen (secondary N) is 2. The summed E-state index contributed by atoms with van der Waals surface area (Å²) in [6.45, 7) is 4.82. The van der Waals surface area contributed by atoms with Gasteiger partial charge in [0.1, 0.15) is 5.82 Å². The lowest BCUT2D eigenvalue weighted by molar-refractivity contribution is 0.0136. The van der Waals surface area contributed by atoms with Crippen molar-refractivity contribution in [1.82, 2.24) is 15.5 Å². The normalized spacial score (nSPS) is 17.9. The van der Waals surface area contributed by atoms with Gasteiger partial charge in [-0.1, -0.05) is 12.1 Å². The van der Waals surface area contributed by atoms with Crippen LogP contribution in [0.3, 0.4) is 0 Å². The zero-order valence-corrected chi connectivity index (χ0v) is 13.0. The molecule has 2 N–H and O–H groups in total. The zero-order valence-electron chi connectivity index (χ0n) is 13.0. The third kappa shape index (κ3) is 4.48. The molecule has 1 fully saturated rings. The minimum absolute atomic E-state index is 0.109. The quantitative estimate of drug-likeness (QED) is 0.800. The molecule has 0 amide bonds. The highest BCUT2D eigenvalue weighted by Crippen LogP contribution is 2.28. The summed E-state index contributed by atoms with van der Waals surface area (Å²) in [5, 5.41) is 6.30. The second kappa shape index (κ2) is 8.44. The molecule has 1 aliphatic rings. The summed E-state index contributed by atoms with van der Waals surface area (Å²) in [5.41, 5.74) is 1.93. The largest absolute Gasteiger partial charge is 0.379 e. The lowest BCUT2D eigenvalue weighted by Crippen LogP contribution is -2.40. The average Bonchev–Trinajstić information content (AvgIpc) is 2.52. The van der Waals surface area contributed by atoms with Crippen molar-refractivity contribution in [3.8, 4) is 0 Å². The van der Waals surface area contributed by atoms with Crippen molar-refractivity contribution in [2.24, 2.45) is 0 Å². The van der Waals surface area contributed by atoms with Crippen LogP contribution in [0.4, 0.5) is 4.39 Å². The monoisotopic (exact) mass is 295 g/mol. The van der Waals surface area contributed by atoms with E-state index in [4.69, 9.17) is 4.74 Å². The number of hydrogen-bond donors (Lipinski definition) is 2. The van der Waals surface area contributed by atoms with E-state index in [1.165, 1.54) is 0 Å². The van der Waals surface area contributed by atoms with E-state index < -0.39 is 0 Å². The molecule has 1 saturated heterocycles. The van der Waals surface area contributed by atoms with E-state index >= 15 is 0 Å². The fraction of sp³-hybridized carbons (Fsp3) is 0.625. The fourth-order valence-corrected chi connectivity index (χ4v) is 2.87. The van der Waals surface area contributed by atoms with Gasteiger partial charge in [-0.3, -0.25) is 4.90 Å². The van der Waals surface area contributed by atoms with Crippen LogP contribution in [0.15, 0.2) is 18.2 Å². The fourth-order valence-electron chi connectivity index (χ4n) is 2.87. The van der Waals surface area contributed by atoms with Crippen molar-refractivity contribution in [3.05, 3.63) is 35.1 Å². The molecule has 0 spiro atoms. The highest BCUT2D eigenvalue weighted by molar-refractivity contribution is 5.28. The van der Waals surface area contributed by atoms with Gasteiger partial charge >= 0.3 is 0 Å². The maximum absolute atomic E-state index is 14.3. The molecule has 0 aromatic heterocycles. The molecule has 1 aromatic carbocycles. The van der Waals surface area contributed by atoms with Crippen LogP contribution in [0.1, 0.15) is 23.6 Å². The van der Waals surface area contributed by atoms with Crippen LogP contribution in [0.25, 0.3) is 0 Å². The molecular formula is C16H26FN3O. The van der Waals surface area contributed by atoms with Gasteiger partial charge in [0, 0.05) is 31.2 Å². The van der Waals surface area contributed by atoms with Gasteiger partial charge in [0.15, 0.2) is 0 Å². The summed E-state index contributed by atoms with van der Waals surface area (Å²) in [6, 6.07) is 5.55. The first kappa shape index (κ1) is 16.4. The van der Waals surface area contributed by atoms with Crippen molar-refractivity contribution < 1.29 is 9.13 Å². The molecule has 1 aliphatic heterocycles. The third-order valence-electron chi connectivity index (χ3n) is 3.95. The highest BCUT2D eigenvalue weighted by Gasteiger charge is 2.24. The number of rotatable bonds is 7.